The van der Waals surface area contributed by atoms with Crippen LogP contribution in [0, 0.1) is 0 Å². The number of ether oxygens (including phenoxy) is 2. The van der Waals surface area contributed by atoms with Crippen molar-refractivity contribution in [3.05, 3.63) is 0 Å². The quantitative estimate of drug-likeness (QED) is 0.207. The van der Waals surface area contributed by atoms with Crippen molar-refractivity contribution in [3.63, 3.8) is 0 Å². The molecule has 0 aliphatic heterocycles. The Balaban J connectivity index is 0. The molecule has 6 N–H and O–H groups in total. The van der Waals surface area contributed by atoms with E-state index in [1.807, 2.05) is 0 Å². The molecule has 0 saturated carbocycles. The standard InChI is InChI=1S/C6H14O4.H4O7P2/c7-1-3-9-5-6-10-4-2-8;1-8(2,3)7-9(4,5)6/h7-8H,1-6H2;(H2,1,2,3)(H2,4,5,6). The number of phosphoric acid groups is 2. The monoisotopic (exact) mass is 328 g/mol. The van der Waals surface area contributed by atoms with E-state index in [0.29, 0.717) is 26.4 Å². The first-order valence-corrected chi connectivity index (χ1v) is 7.88. The third-order valence-electron chi connectivity index (χ3n) is 1.06. The SMILES string of the molecule is O=P(O)(O)OP(=O)(O)O.OCCOCCOCCO. The minimum Gasteiger partial charge on any atom is -0.394 e. The highest BCUT2D eigenvalue weighted by atomic mass is 31.3. The Hall–Kier alpha value is 0.1000. The van der Waals surface area contributed by atoms with Crippen molar-refractivity contribution >= 4 is 15.6 Å². The molecule has 0 aromatic rings. The minimum absolute atomic E-state index is 0.0417. The molecule has 0 unspecified atom stereocenters. The zero-order chi connectivity index (χ0) is 15.4. The molecule has 0 atom stereocenters. The van der Waals surface area contributed by atoms with Crippen LogP contribution in [-0.2, 0) is 22.9 Å². The van der Waals surface area contributed by atoms with Gasteiger partial charge >= 0.3 is 15.6 Å². The molecule has 0 fully saturated rings. The molecule has 0 aliphatic carbocycles. The van der Waals surface area contributed by atoms with E-state index in [-0.39, 0.29) is 13.2 Å². The zero-order valence-electron chi connectivity index (χ0n) is 9.86. The molecule has 11 nitrogen and oxygen atoms in total. The van der Waals surface area contributed by atoms with Crippen LogP contribution < -0.4 is 0 Å². The summed E-state index contributed by atoms with van der Waals surface area (Å²) in [6.45, 7) is 1.73. The first-order valence-electron chi connectivity index (χ1n) is 4.82. The van der Waals surface area contributed by atoms with Gasteiger partial charge in [-0.05, 0) is 0 Å². The maximum absolute atomic E-state index is 9.63. The topological polar surface area (TPSA) is 183 Å². The van der Waals surface area contributed by atoms with Crippen molar-refractivity contribution in [2.24, 2.45) is 0 Å². The highest BCUT2D eigenvalue weighted by molar-refractivity contribution is 7.60. The Morgan fingerprint density at radius 3 is 1.16 bits per heavy atom. The van der Waals surface area contributed by atoms with Gasteiger partial charge in [-0.3, -0.25) is 0 Å². The summed E-state index contributed by atoms with van der Waals surface area (Å²) in [5, 5.41) is 16.5. The van der Waals surface area contributed by atoms with E-state index in [9.17, 15) is 9.13 Å². The maximum Gasteiger partial charge on any atom is 0.478 e. The Morgan fingerprint density at radius 2 is 1.00 bits per heavy atom. The first-order chi connectivity index (χ1) is 8.62. The molecule has 0 spiro atoms. The molecule has 0 amide bonds. The first kappa shape index (κ1) is 21.4. The Kier molecular flexibility index (Phi) is 13.4. The van der Waals surface area contributed by atoms with Gasteiger partial charge in [0.25, 0.3) is 0 Å². The van der Waals surface area contributed by atoms with Crippen molar-refractivity contribution in [3.8, 4) is 0 Å². The molecule has 13 heteroatoms. The number of hydrogen-bond acceptors (Lipinski definition) is 7. The lowest BCUT2D eigenvalue weighted by Gasteiger charge is -2.03. The summed E-state index contributed by atoms with van der Waals surface area (Å²) in [6.07, 6.45) is 0. The van der Waals surface area contributed by atoms with E-state index in [2.05, 4.69) is 4.31 Å². The summed E-state index contributed by atoms with van der Waals surface area (Å²) in [6, 6.07) is 0. The Bertz CT molecular complexity index is 255. The van der Waals surface area contributed by atoms with Crippen LogP contribution in [0.1, 0.15) is 0 Å². The molecule has 0 rings (SSSR count). The van der Waals surface area contributed by atoms with Crippen LogP contribution in [0.5, 0.6) is 0 Å². The van der Waals surface area contributed by atoms with Crippen molar-refractivity contribution in [2.75, 3.05) is 39.6 Å². The average molecular weight is 328 g/mol. The number of rotatable bonds is 9. The largest absolute Gasteiger partial charge is 0.478 e. The Labute approximate surface area is 109 Å². The second-order valence-corrected chi connectivity index (χ2v) is 5.35. The molecule has 0 bridgehead atoms. The highest BCUT2D eigenvalue weighted by Crippen LogP contribution is 2.53. The fourth-order valence-corrected chi connectivity index (χ4v) is 1.70. The summed E-state index contributed by atoms with van der Waals surface area (Å²) < 4.78 is 32.0. The van der Waals surface area contributed by atoms with Gasteiger partial charge in [-0.1, -0.05) is 0 Å². The molecule has 0 aliphatic rings. The van der Waals surface area contributed by atoms with E-state index in [1.54, 1.807) is 0 Å². The van der Waals surface area contributed by atoms with Gasteiger partial charge in [0.15, 0.2) is 0 Å². The van der Waals surface area contributed by atoms with E-state index in [0.717, 1.165) is 0 Å². The molecule has 118 valence electrons. The van der Waals surface area contributed by atoms with Gasteiger partial charge in [0.2, 0.25) is 0 Å². The second-order valence-electron chi connectivity index (χ2n) is 2.73. The van der Waals surface area contributed by atoms with Crippen molar-refractivity contribution < 1.29 is 52.7 Å². The van der Waals surface area contributed by atoms with Crippen LogP contribution in [-0.4, -0.2) is 69.4 Å². The molecule has 0 aromatic heterocycles. The van der Waals surface area contributed by atoms with Gasteiger partial charge in [-0.25, -0.2) is 9.13 Å². The maximum atomic E-state index is 9.63. The molecule has 0 aromatic carbocycles. The number of aliphatic hydroxyl groups excluding tert-OH is 2. The lowest BCUT2D eigenvalue weighted by Crippen LogP contribution is -2.09. The lowest BCUT2D eigenvalue weighted by molar-refractivity contribution is 0.0222. The van der Waals surface area contributed by atoms with Crippen molar-refractivity contribution in [2.45, 2.75) is 0 Å². The van der Waals surface area contributed by atoms with Crippen LogP contribution >= 0.6 is 15.6 Å². The highest BCUT2D eigenvalue weighted by Gasteiger charge is 2.27. The van der Waals surface area contributed by atoms with Gasteiger partial charge in [-0.2, -0.15) is 4.31 Å². The Morgan fingerprint density at radius 1 is 0.684 bits per heavy atom. The van der Waals surface area contributed by atoms with E-state index in [1.165, 1.54) is 0 Å². The predicted octanol–water partition coefficient (Wildman–Crippen LogP) is -1.81. The van der Waals surface area contributed by atoms with Gasteiger partial charge in [-0.15, -0.1) is 0 Å². The summed E-state index contributed by atoms with van der Waals surface area (Å²) in [4.78, 5) is 31.0. The van der Waals surface area contributed by atoms with Gasteiger partial charge in [0.05, 0.1) is 39.6 Å². The fraction of sp³-hybridized carbons (Fsp3) is 1.00. The normalized spacial score (nSPS) is 11.9. The fourth-order valence-electron chi connectivity index (χ4n) is 0.590. The molecule has 0 saturated heterocycles. The van der Waals surface area contributed by atoms with Gasteiger partial charge in [0.1, 0.15) is 0 Å². The number of aliphatic hydroxyl groups is 2. The average Bonchev–Trinajstić information content (AvgIpc) is 2.19. The van der Waals surface area contributed by atoms with Crippen LogP contribution in [0.25, 0.3) is 0 Å². The summed E-state index contributed by atoms with van der Waals surface area (Å²) in [7, 11) is -10.1. The third kappa shape index (κ3) is 27.3. The van der Waals surface area contributed by atoms with Crippen LogP contribution in [0.3, 0.4) is 0 Å². The molecule has 0 radical (unpaired) electrons. The van der Waals surface area contributed by atoms with Crippen LogP contribution in [0.4, 0.5) is 0 Å². The van der Waals surface area contributed by atoms with E-state index in [4.69, 9.17) is 39.3 Å². The van der Waals surface area contributed by atoms with Crippen molar-refractivity contribution in [1.82, 2.24) is 0 Å². The molecule has 19 heavy (non-hydrogen) atoms. The smallest absolute Gasteiger partial charge is 0.394 e. The van der Waals surface area contributed by atoms with E-state index >= 15 is 0 Å². The lowest BCUT2D eigenvalue weighted by atomic mass is 10.7. The third-order valence-corrected chi connectivity index (χ3v) is 2.76. The van der Waals surface area contributed by atoms with Crippen molar-refractivity contribution in [1.29, 1.82) is 0 Å². The van der Waals surface area contributed by atoms with Gasteiger partial charge < -0.3 is 39.3 Å². The summed E-state index contributed by atoms with van der Waals surface area (Å²) in [5.74, 6) is 0. The summed E-state index contributed by atoms with van der Waals surface area (Å²) in [5.41, 5.74) is 0. The second kappa shape index (κ2) is 11.9. The molecular formula is C6H18O11P2. The zero-order valence-corrected chi connectivity index (χ0v) is 11.7. The molecule has 0 heterocycles. The summed E-state index contributed by atoms with van der Waals surface area (Å²) >= 11 is 0. The number of hydrogen-bond donors (Lipinski definition) is 6. The minimum atomic E-state index is -5.05. The molecular weight excluding hydrogens is 310 g/mol. The van der Waals surface area contributed by atoms with Gasteiger partial charge in [0, 0.05) is 0 Å². The van der Waals surface area contributed by atoms with Crippen LogP contribution in [0.15, 0.2) is 0 Å². The van der Waals surface area contributed by atoms with E-state index < -0.39 is 15.6 Å². The van der Waals surface area contributed by atoms with Crippen LogP contribution in [0.2, 0.25) is 0 Å². The predicted molar refractivity (Wildman–Crippen MR) is 61.0 cm³/mol.